The molecule has 0 aromatic heterocycles. The van der Waals surface area contributed by atoms with Crippen LogP contribution in [0.15, 0.2) is 24.3 Å². The highest BCUT2D eigenvalue weighted by Crippen LogP contribution is 2.14. The van der Waals surface area contributed by atoms with Gasteiger partial charge in [-0.3, -0.25) is 4.79 Å². The van der Waals surface area contributed by atoms with E-state index in [0.29, 0.717) is 12.3 Å². The third kappa shape index (κ3) is 4.24. The summed E-state index contributed by atoms with van der Waals surface area (Å²) in [4.78, 5) is 14.0. The fourth-order valence-electron chi connectivity index (χ4n) is 2.48. The zero-order chi connectivity index (χ0) is 13.7. The van der Waals surface area contributed by atoms with Crippen molar-refractivity contribution in [1.29, 1.82) is 0 Å². The van der Waals surface area contributed by atoms with Crippen molar-refractivity contribution in [2.45, 2.75) is 19.3 Å². The summed E-state index contributed by atoms with van der Waals surface area (Å²) in [6.45, 7) is 2.97. The minimum absolute atomic E-state index is 0.143. The molecule has 0 spiro atoms. The SMILES string of the molecule is CN(CC1CCNCC1)C(=O)Cc1ccc(O)cc1. The summed E-state index contributed by atoms with van der Waals surface area (Å²) in [5, 5.41) is 12.6. The van der Waals surface area contributed by atoms with Gasteiger partial charge in [-0.2, -0.15) is 0 Å². The molecule has 19 heavy (non-hydrogen) atoms. The lowest BCUT2D eigenvalue weighted by molar-refractivity contribution is -0.129. The summed E-state index contributed by atoms with van der Waals surface area (Å²) in [5.41, 5.74) is 0.944. The van der Waals surface area contributed by atoms with E-state index in [1.807, 2.05) is 11.9 Å². The Labute approximate surface area is 114 Å². The van der Waals surface area contributed by atoms with Crippen LogP contribution in [0, 0.1) is 5.92 Å². The first kappa shape index (κ1) is 13.9. The second kappa shape index (κ2) is 6.57. The van der Waals surface area contributed by atoms with Crippen LogP contribution in [0.3, 0.4) is 0 Å². The predicted octanol–water partition coefficient (Wildman–Crippen LogP) is 1.39. The lowest BCUT2D eigenvalue weighted by atomic mass is 9.97. The average Bonchev–Trinajstić information content (AvgIpc) is 2.42. The van der Waals surface area contributed by atoms with E-state index in [-0.39, 0.29) is 11.7 Å². The molecule has 0 unspecified atom stereocenters. The molecule has 1 aliphatic rings. The van der Waals surface area contributed by atoms with Crippen molar-refractivity contribution in [2.75, 3.05) is 26.7 Å². The summed E-state index contributed by atoms with van der Waals surface area (Å²) in [6, 6.07) is 6.84. The highest BCUT2D eigenvalue weighted by molar-refractivity contribution is 5.78. The third-order valence-electron chi connectivity index (χ3n) is 3.71. The van der Waals surface area contributed by atoms with Gasteiger partial charge < -0.3 is 15.3 Å². The molecule has 1 fully saturated rings. The number of nitrogens with one attached hydrogen (secondary N) is 1. The molecule has 1 heterocycles. The van der Waals surface area contributed by atoms with E-state index in [2.05, 4.69) is 5.32 Å². The van der Waals surface area contributed by atoms with Gasteiger partial charge in [0.1, 0.15) is 5.75 Å². The molecule has 2 N–H and O–H groups in total. The van der Waals surface area contributed by atoms with Gasteiger partial charge in [-0.1, -0.05) is 12.1 Å². The topological polar surface area (TPSA) is 52.6 Å². The highest BCUT2D eigenvalue weighted by atomic mass is 16.3. The van der Waals surface area contributed by atoms with Gasteiger partial charge in [0.15, 0.2) is 0 Å². The Bertz CT molecular complexity index is 411. The first-order valence-corrected chi connectivity index (χ1v) is 6.88. The molecule has 1 amide bonds. The number of piperidine rings is 1. The molecule has 1 aliphatic heterocycles. The number of likely N-dealkylation sites (N-methyl/N-ethyl adjacent to an activating group) is 1. The van der Waals surface area contributed by atoms with Crippen molar-refractivity contribution >= 4 is 5.91 Å². The average molecular weight is 262 g/mol. The van der Waals surface area contributed by atoms with E-state index in [0.717, 1.165) is 38.0 Å². The molecule has 4 heteroatoms. The smallest absolute Gasteiger partial charge is 0.226 e. The summed E-state index contributed by atoms with van der Waals surface area (Å²) in [7, 11) is 1.88. The largest absolute Gasteiger partial charge is 0.508 e. The van der Waals surface area contributed by atoms with Crippen LogP contribution in [0.1, 0.15) is 18.4 Å². The number of benzene rings is 1. The molecule has 0 radical (unpaired) electrons. The van der Waals surface area contributed by atoms with Gasteiger partial charge in [-0.05, 0) is 49.5 Å². The summed E-state index contributed by atoms with van der Waals surface area (Å²) < 4.78 is 0. The van der Waals surface area contributed by atoms with Crippen molar-refractivity contribution in [2.24, 2.45) is 5.92 Å². The second-order valence-electron chi connectivity index (χ2n) is 5.31. The van der Waals surface area contributed by atoms with Gasteiger partial charge in [0, 0.05) is 13.6 Å². The van der Waals surface area contributed by atoms with Gasteiger partial charge in [0.25, 0.3) is 0 Å². The van der Waals surface area contributed by atoms with E-state index in [4.69, 9.17) is 0 Å². The molecular weight excluding hydrogens is 240 g/mol. The van der Waals surface area contributed by atoms with Gasteiger partial charge in [-0.25, -0.2) is 0 Å². The normalized spacial score (nSPS) is 16.3. The molecule has 1 aromatic carbocycles. The summed E-state index contributed by atoms with van der Waals surface area (Å²) >= 11 is 0. The number of phenols is 1. The molecular formula is C15H22N2O2. The van der Waals surface area contributed by atoms with Crippen LogP contribution < -0.4 is 5.32 Å². The third-order valence-corrected chi connectivity index (χ3v) is 3.71. The first-order chi connectivity index (χ1) is 9.15. The quantitative estimate of drug-likeness (QED) is 0.862. The Hall–Kier alpha value is -1.55. The van der Waals surface area contributed by atoms with Gasteiger partial charge >= 0.3 is 0 Å². The Balaban J connectivity index is 1.83. The number of hydrogen-bond donors (Lipinski definition) is 2. The van der Waals surface area contributed by atoms with E-state index < -0.39 is 0 Å². The van der Waals surface area contributed by atoms with Crippen LogP contribution in [0.4, 0.5) is 0 Å². The highest BCUT2D eigenvalue weighted by Gasteiger charge is 2.18. The van der Waals surface area contributed by atoms with E-state index >= 15 is 0 Å². The summed E-state index contributed by atoms with van der Waals surface area (Å²) in [5.74, 6) is 0.999. The number of nitrogens with zero attached hydrogens (tertiary/aromatic N) is 1. The number of hydrogen-bond acceptors (Lipinski definition) is 3. The van der Waals surface area contributed by atoms with Crippen LogP contribution in [0.2, 0.25) is 0 Å². The Morgan fingerprint density at radius 1 is 1.32 bits per heavy atom. The van der Waals surface area contributed by atoms with E-state index in [1.165, 1.54) is 0 Å². The van der Waals surface area contributed by atoms with E-state index in [9.17, 15) is 9.90 Å². The van der Waals surface area contributed by atoms with Gasteiger partial charge in [0.2, 0.25) is 5.91 Å². The molecule has 0 saturated carbocycles. The number of rotatable bonds is 4. The maximum absolute atomic E-state index is 12.1. The number of phenolic OH excluding ortho intramolecular Hbond substituents is 1. The molecule has 0 atom stereocenters. The van der Waals surface area contributed by atoms with E-state index in [1.54, 1.807) is 24.3 Å². The van der Waals surface area contributed by atoms with Crippen molar-refractivity contribution in [3.63, 3.8) is 0 Å². The van der Waals surface area contributed by atoms with Crippen LogP contribution in [0.25, 0.3) is 0 Å². The molecule has 104 valence electrons. The predicted molar refractivity (Wildman–Crippen MR) is 75.0 cm³/mol. The van der Waals surface area contributed by atoms with Crippen LogP contribution >= 0.6 is 0 Å². The van der Waals surface area contributed by atoms with Crippen molar-refractivity contribution in [1.82, 2.24) is 10.2 Å². The first-order valence-electron chi connectivity index (χ1n) is 6.88. The maximum Gasteiger partial charge on any atom is 0.226 e. The Morgan fingerprint density at radius 2 is 1.95 bits per heavy atom. The monoisotopic (exact) mass is 262 g/mol. The Morgan fingerprint density at radius 3 is 2.58 bits per heavy atom. The second-order valence-corrected chi connectivity index (χ2v) is 5.31. The number of amides is 1. The zero-order valence-corrected chi connectivity index (χ0v) is 11.4. The van der Waals surface area contributed by atoms with Crippen LogP contribution in [-0.4, -0.2) is 42.6 Å². The molecule has 2 rings (SSSR count). The minimum atomic E-state index is 0.143. The van der Waals surface area contributed by atoms with Crippen molar-refractivity contribution < 1.29 is 9.90 Å². The molecule has 4 nitrogen and oxygen atoms in total. The molecule has 0 bridgehead atoms. The molecule has 1 aromatic rings. The van der Waals surface area contributed by atoms with Crippen molar-refractivity contribution in [3.05, 3.63) is 29.8 Å². The standard InChI is InChI=1S/C15H22N2O2/c1-17(11-13-6-8-16-9-7-13)15(19)10-12-2-4-14(18)5-3-12/h2-5,13,16,18H,6-11H2,1H3. The fourth-order valence-corrected chi connectivity index (χ4v) is 2.48. The number of carbonyl (C=O) groups excluding carboxylic acids is 1. The lowest BCUT2D eigenvalue weighted by Crippen LogP contribution is -2.37. The van der Waals surface area contributed by atoms with Gasteiger partial charge in [0.05, 0.1) is 6.42 Å². The maximum atomic E-state index is 12.1. The summed E-state index contributed by atoms with van der Waals surface area (Å²) in [6.07, 6.45) is 2.70. The number of carbonyl (C=O) groups is 1. The Kier molecular flexibility index (Phi) is 4.80. The molecule has 1 saturated heterocycles. The number of aromatic hydroxyl groups is 1. The van der Waals surface area contributed by atoms with Crippen LogP contribution in [0.5, 0.6) is 5.75 Å². The lowest BCUT2D eigenvalue weighted by Gasteiger charge is -2.27. The van der Waals surface area contributed by atoms with Gasteiger partial charge in [-0.15, -0.1) is 0 Å². The fraction of sp³-hybridized carbons (Fsp3) is 0.533. The zero-order valence-electron chi connectivity index (χ0n) is 11.4. The van der Waals surface area contributed by atoms with Crippen molar-refractivity contribution in [3.8, 4) is 5.75 Å². The molecule has 0 aliphatic carbocycles. The minimum Gasteiger partial charge on any atom is -0.508 e. The van der Waals surface area contributed by atoms with Crippen LogP contribution in [-0.2, 0) is 11.2 Å².